The van der Waals surface area contributed by atoms with Gasteiger partial charge in [0.2, 0.25) is 24.1 Å². The van der Waals surface area contributed by atoms with Gasteiger partial charge in [-0.05, 0) is 105 Å². The Hall–Kier alpha value is -7.09. The first kappa shape index (κ1) is 53.3. The number of imide groups is 1. The molecule has 0 saturated carbocycles. The van der Waals surface area contributed by atoms with Crippen LogP contribution in [-0.2, 0) is 60.1 Å². The number of benzene rings is 3. The molecular weight excluding hydrogens is 909 g/mol. The van der Waals surface area contributed by atoms with E-state index in [0.717, 1.165) is 72.5 Å². The number of rotatable bonds is 32. The van der Waals surface area contributed by atoms with Gasteiger partial charge in [-0.1, -0.05) is 43.2 Å². The number of aryl methyl sites for hydroxylation is 1. The summed E-state index contributed by atoms with van der Waals surface area (Å²) in [5, 5.41) is 20.1. The van der Waals surface area contributed by atoms with Crippen LogP contribution in [0.4, 0.5) is 11.4 Å². The van der Waals surface area contributed by atoms with E-state index in [1.165, 1.54) is 11.2 Å². The minimum absolute atomic E-state index is 0.125. The lowest BCUT2D eigenvalue weighted by Crippen LogP contribution is -2.51. The van der Waals surface area contributed by atoms with Gasteiger partial charge in [0, 0.05) is 69.3 Å². The third kappa shape index (κ3) is 17.7. The van der Waals surface area contributed by atoms with Crippen molar-refractivity contribution >= 4 is 41.4 Å². The molecule has 5 aromatic rings. The van der Waals surface area contributed by atoms with Crippen molar-refractivity contribution in [2.24, 2.45) is 7.05 Å². The summed E-state index contributed by atoms with van der Waals surface area (Å²) < 4.78 is 24.8. The second kappa shape index (κ2) is 29.2. The number of unbranched alkanes of at least 4 members (excludes halogenated alkanes) is 5. The molecule has 3 aromatic carbocycles. The van der Waals surface area contributed by atoms with Crippen LogP contribution in [-0.4, -0.2) is 112 Å². The lowest BCUT2D eigenvalue weighted by atomic mass is 10.0. The molecule has 1 atom stereocenters. The highest BCUT2D eigenvalue weighted by Gasteiger charge is 2.31. The molecule has 4 N–H and O–H groups in total. The number of aromatic nitrogens is 5. The normalized spacial score (nSPS) is 13.4. The number of nitrogens with one attached hydrogen (secondary N) is 4. The molecule has 1 fully saturated rings. The first-order valence-electron chi connectivity index (χ1n) is 24.3. The Morgan fingerprint density at radius 3 is 2.27 bits per heavy atom. The van der Waals surface area contributed by atoms with E-state index in [-0.39, 0.29) is 37.1 Å². The zero-order valence-corrected chi connectivity index (χ0v) is 40.7. The summed E-state index contributed by atoms with van der Waals surface area (Å²) in [4.78, 5) is 71.2. The smallest absolute Gasteiger partial charge is 0.251 e. The van der Waals surface area contributed by atoms with Crippen molar-refractivity contribution in [3.05, 3.63) is 113 Å². The molecule has 71 heavy (non-hydrogen) atoms. The second-order valence-electron chi connectivity index (χ2n) is 17.2. The van der Waals surface area contributed by atoms with Crippen LogP contribution < -0.4 is 26.0 Å². The van der Waals surface area contributed by atoms with E-state index in [1.807, 2.05) is 73.1 Å². The summed E-state index contributed by atoms with van der Waals surface area (Å²) in [6.07, 6.45) is 10.9. The summed E-state index contributed by atoms with van der Waals surface area (Å²) in [7, 11) is 1.88. The molecule has 5 amide bonds. The largest absolute Gasteiger partial charge is 0.494 e. The SMILES string of the molecule is Cc1cccc(NC(=O)CCCCCOCCOCCOCCCCCCOc2ccc(CNC(=O)c3cccc(NCc4nnc(-c5ccncn5)n4C)c3)cc2)c1CN(C=O)C1CCC(=O)NC1=O. The van der Waals surface area contributed by atoms with Gasteiger partial charge in [-0.25, -0.2) is 9.97 Å². The van der Waals surface area contributed by atoms with Gasteiger partial charge in [-0.3, -0.25) is 29.3 Å². The van der Waals surface area contributed by atoms with Crippen molar-refractivity contribution in [2.45, 2.75) is 96.8 Å². The van der Waals surface area contributed by atoms with Gasteiger partial charge < -0.3 is 44.4 Å². The third-order valence-corrected chi connectivity index (χ3v) is 11.9. The maximum Gasteiger partial charge on any atom is 0.251 e. The quantitative estimate of drug-likeness (QED) is 0.0218. The Labute approximate surface area is 414 Å². The van der Waals surface area contributed by atoms with E-state index in [2.05, 4.69) is 41.4 Å². The van der Waals surface area contributed by atoms with Crippen LogP contribution in [0, 0.1) is 6.92 Å². The van der Waals surface area contributed by atoms with Crippen LogP contribution in [0.3, 0.4) is 0 Å². The molecule has 0 radical (unpaired) electrons. The van der Waals surface area contributed by atoms with Crippen molar-refractivity contribution < 1.29 is 42.9 Å². The molecule has 1 saturated heterocycles. The number of nitrogens with zero attached hydrogens (tertiary/aromatic N) is 6. The molecule has 2 aromatic heterocycles. The van der Waals surface area contributed by atoms with E-state index < -0.39 is 11.9 Å². The molecule has 378 valence electrons. The van der Waals surface area contributed by atoms with Gasteiger partial charge >= 0.3 is 0 Å². The highest BCUT2D eigenvalue weighted by atomic mass is 16.5. The molecule has 1 aliphatic rings. The van der Waals surface area contributed by atoms with Gasteiger partial charge in [-0.15, -0.1) is 10.2 Å². The number of ether oxygens (including phenoxy) is 4. The average Bonchev–Trinajstić information content (AvgIpc) is 3.75. The minimum Gasteiger partial charge on any atom is -0.494 e. The summed E-state index contributed by atoms with van der Waals surface area (Å²) in [6, 6.07) is 21.7. The van der Waals surface area contributed by atoms with E-state index in [0.29, 0.717) is 101 Å². The van der Waals surface area contributed by atoms with Crippen LogP contribution in [0.25, 0.3) is 11.5 Å². The molecule has 0 bridgehead atoms. The Kier molecular flexibility index (Phi) is 21.9. The topological polar surface area (TPSA) is 230 Å². The standard InChI is InChI=1S/C52H66N10O9/c1-38-12-10-15-44(43(38)35-62(37-63)46-21-22-49(65)58-52(46)67)57-48(64)16-6-5-8-26-69-29-31-70-30-28-68-25-7-3-4-9-27-71-42-19-17-39(18-20-42)33-55-51(66)40-13-11-14-41(32-40)54-34-47-59-60-50(61(47)2)45-23-24-53-36-56-45/h10-15,17-20,23-24,32,36-37,46,54H,3-9,16,21-22,25-31,33-35H2,1-2H3,(H,55,66)(H,57,64)(H,58,65,67). The molecule has 1 unspecified atom stereocenters. The Morgan fingerprint density at radius 2 is 1.55 bits per heavy atom. The predicted molar refractivity (Wildman–Crippen MR) is 266 cm³/mol. The van der Waals surface area contributed by atoms with E-state index in [1.54, 1.807) is 24.4 Å². The van der Waals surface area contributed by atoms with Crippen LogP contribution in [0.5, 0.6) is 5.75 Å². The minimum atomic E-state index is -0.739. The highest BCUT2D eigenvalue weighted by Crippen LogP contribution is 2.25. The summed E-state index contributed by atoms with van der Waals surface area (Å²) in [5.41, 5.74) is 5.23. The van der Waals surface area contributed by atoms with Gasteiger partial charge in [0.15, 0.2) is 11.6 Å². The summed E-state index contributed by atoms with van der Waals surface area (Å²) in [5.74, 6) is 1.04. The van der Waals surface area contributed by atoms with Crippen LogP contribution in [0.15, 0.2) is 85.3 Å². The first-order valence-corrected chi connectivity index (χ1v) is 24.3. The molecule has 1 aliphatic heterocycles. The van der Waals surface area contributed by atoms with Gasteiger partial charge in [-0.2, -0.15) is 0 Å². The number of carbonyl (C=O) groups is 5. The molecule has 6 rings (SSSR count). The number of hydrogen-bond donors (Lipinski definition) is 4. The number of amides is 5. The van der Waals surface area contributed by atoms with Crippen molar-refractivity contribution in [3.8, 4) is 17.3 Å². The number of anilines is 2. The molecule has 0 aliphatic carbocycles. The zero-order chi connectivity index (χ0) is 50.0. The first-order chi connectivity index (χ1) is 34.7. The molecule has 3 heterocycles. The maximum atomic E-state index is 13.0. The fraction of sp³-hybridized carbons (Fsp3) is 0.442. The second-order valence-corrected chi connectivity index (χ2v) is 17.2. The van der Waals surface area contributed by atoms with Gasteiger partial charge in [0.05, 0.1) is 39.6 Å². The molecule has 19 nitrogen and oxygen atoms in total. The van der Waals surface area contributed by atoms with Crippen molar-refractivity contribution in [1.82, 2.24) is 40.3 Å². The molecule has 0 spiro atoms. The van der Waals surface area contributed by atoms with Crippen molar-refractivity contribution in [3.63, 3.8) is 0 Å². The summed E-state index contributed by atoms with van der Waals surface area (Å²) in [6.45, 7) is 6.77. The highest BCUT2D eigenvalue weighted by molar-refractivity contribution is 6.01. The van der Waals surface area contributed by atoms with Crippen molar-refractivity contribution in [1.29, 1.82) is 0 Å². The van der Waals surface area contributed by atoms with E-state index in [9.17, 15) is 24.0 Å². The Bertz CT molecular complexity index is 2470. The van der Waals surface area contributed by atoms with Gasteiger partial charge in [0.25, 0.3) is 5.91 Å². The van der Waals surface area contributed by atoms with Crippen molar-refractivity contribution in [2.75, 3.05) is 56.9 Å². The number of carbonyl (C=O) groups excluding carboxylic acids is 5. The number of hydrogen-bond acceptors (Lipinski definition) is 14. The van der Waals surface area contributed by atoms with E-state index >= 15 is 0 Å². The lowest BCUT2D eigenvalue weighted by molar-refractivity contribution is -0.141. The van der Waals surface area contributed by atoms with Crippen LogP contribution in [0.1, 0.15) is 97.1 Å². The fourth-order valence-electron chi connectivity index (χ4n) is 7.80. The predicted octanol–water partition coefficient (Wildman–Crippen LogP) is 6.07. The molecular formula is C52H66N10O9. The lowest BCUT2D eigenvalue weighted by Gasteiger charge is -2.31. The average molecular weight is 975 g/mol. The van der Waals surface area contributed by atoms with E-state index in [4.69, 9.17) is 18.9 Å². The van der Waals surface area contributed by atoms with Gasteiger partial charge in [0.1, 0.15) is 23.8 Å². The Balaban J connectivity index is 0.713. The zero-order valence-electron chi connectivity index (χ0n) is 40.7. The maximum absolute atomic E-state index is 13.0. The monoisotopic (exact) mass is 975 g/mol. The fourth-order valence-corrected chi connectivity index (χ4v) is 7.80. The van der Waals surface area contributed by atoms with Crippen LogP contribution >= 0.6 is 0 Å². The number of piperidine rings is 1. The molecule has 19 heteroatoms. The third-order valence-electron chi connectivity index (χ3n) is 11.9. The van der Waals surface area contributed by atoms with Crippen LogP contribution in [0.2, 0.25) is 0 Å². The summed E-state index contributed by atoms with van der Waals surface area (Å²) >= 11 is 0. The Morgan fingerprint density at radius 1 is 0.831 bits per heavy atom.